The Labute approximate surface area is 263 Å². The lowest BCUT2D eigenvalue weighted by Gasteiger charge is -2.41. The number of aromatic nitrogens is 1. The maximum absolute atomic E-state index is 13.3. The van der Waals surface area contributed by atoms with Crippen LogP contribution in [-0.2, 0) is 33.0 Å². The Bertz CT molecular complexity index is 1420. The predicted molar refractivity (Wildman–Crippen MR) is 158 cm³/mol. The molecule has 1 saturated heterocycles. The highest BCUT2D eigenvalue weighted by molar-refractivity contribution is 5.70. The Morgan fingerprint density at radius 1 is 0.913 bits per heavy atom. The van der Waals surface area contributed by atoms with Crippen molar-refractivity contribution < 1.29 is 45.7 Å². The summed E-state index contributed by atoms with van der Waals surface area (Å²) in [6.45, 7) is 8.00. The molecular formula is C33H37F6N3O4. The van der Waals surface area contributed by atoms with Crippen molar-refractivity contribution in [1.29, 1.82) is 0 Å². The number of carbonyl (C=O) groups excluding carboxylic acids is 1. The summed E-state index contributed by atoms with van der Waals surface area (Å²) >= 11 is 0. The molecule has 1 aliphatic heterocycles. The summed E-state index contributed by atoms with van der Waals surface area (Å²) in [7, 11) is 0. The van der Waals surface area contributed by atoms with Gasteiger partial charge in [0, 0.05) is 63.3 Å². The van der Waals surface area contributed by atoms with Gasteiger partial charge in [0.05, 0.1) is 13.0 Å². The van der Waals surface area contributed by atoms with Crippen LogP contribution in [0, 0.1) is 6.92 Å². The van der Waals surface area contributed by atoms with Crippen LogP contribution < -0.4 is 0 Å². The number of aryl methyl sites for hydroxylation is 1. The first-order valence-electron chi connectivity index (χ1n) is 14.9. The van der Waals surface area contributed by atoms with Gasteiger partial charge in [0.15, 0.2) is 0 Å². The molecule has 0 saturated carbocycles. The highest BCUT2D eigenvalue weighted by Gasteiger charge is 2.71. The standard InChI is InChI=1S/C33H37F6N3O4/c1-3-45-16-17-46-30(43)19-28-22-41(20-24-10-12-40-13-11-24)14-15-42(28)21-25-4-9-29(23(2)18-25)26-5-7-27(8-6-26)31(44,32(34,35)36)33(37,38)39/h4-13,18,28,44H,3,14-17,19-22H2,1-2H3/t28-/m0/s1. The van der Waals surface area contributed by atoms with E-state index in [1.165, 1.54) is 0 Å². The minimum atomic E-state index is -5.95. The lowest BCUT2D eigenvalue weighted by atomic mass is 9.90. The van der Waals surface area contributed by atoms with Crippen LogP contribution in [0.2, 0.25) is 0 Å². The summed E-state index contributed by atoms with van der Waals surface area (Å²) in [6, 6.07) is 12.8. The Morgan fingerprint density at radius 2 is 1.59 bits per heavy atom. The van der Waals surface area contributed by atoms with Crippen LogP contribution in [0.15, 0.2) is 67.0 Å². The van der Waals surface area contributed by atoms with Gasteiger partial charge >= 0.3 is 18.3 Å². The highest BCUT2D eigenvalue weighted by Crippen LogP contribution is 2.50. The fourth-order valence-electron chi connectivity index (χ4n) is 5.62. The number of hydrogen-bond acceptors (Lipinski definition) is 7. The van der Waals surface area contributed by atoms with E-state index in [1.807, 2.05) is 31.2 Å². The summed E-state index contributed by atoms with van der Waals surface area (Å²) in [5.74, 6) is -0.321. The number of hydrogen-bond donors (Lipinski definition) is 1. The van der Waals surface area contributed by atoms with Gasteiger partial charge in [-0.15, -0.1) is 0 Å². The average Bonchev–Trinajstić information content (AvgIpc) is 3.00. The van der Waals surface area contributed by atoms with E-state index < -0.39 is 23.5 Å². The van der Waals surface area contributed by atoms with Crippen molar-refractivity contribution in [3.63, 3.8) is 0 Å². The number of pyridine rings is 1. The number of alkyl halides is 6. The smallest absolute Gasteiger partial charge is 0.430 e. The lowest BCUT2D eigenvalue weighted by Crippen LogP contribution is -2.53. The molecular weight excluding hydrogens is 616 g/mol. The topological polar surface area (TPSA) is 75.1 Å². The summed E-state index contributed by atoms with van der Waals surface area (Å²) < 4.78 is 90.5. The van der Waals surface area contributed by atoms with Crippen molar-refractivity contribution in [3.05, 3.63) is 89.2 Å². The van der Waals surface area contributed by atoms with E-state index in [4.69, 9.17) is 9.47 Å². The van der Waals surface area contributed by atoms with E-state index in [0.29, 0.717) is 62.7 Å². The first-order chi connectivity index (χ1) is 21.7. The van der Waals surface area contributed by atoms with Crippen LogP contribution >= 0.6 is 0 Å². The molecule has 3 aromatic rings. The van der Waals surface area contributed by atoms with Crippen LogP contribution in [0.4, 0.5) is 26.3 Å². The molecule has 7 nitrogen and oxygen atoms in total. The van der Waals surface area contributed by atoms with Crippen LogP contribution in [-0.4, -0.2) is 83.7 Å². The van der Waals surface area contributed by atoms with Crippen molar-refractivity contribution in [3.8, 4) is 11.1 Å². The summed E-state index contributed by atoms with van der Waals surface area (Å²) in [5.41, 5.74) is -2.47. The van der Waals surface area contributed by atoms with E-state index in [2.05, 4.69) is 14.8 Å². The van der Waals surface area contributed by atoms with E-state index in [1.54, 1.807) is 25.4 Å². The molecule has 1 aliphatic rings. The lowest BCUT2D eigenvalue weighted by molar-refractivity contribution is -0.376. The monoisotopic (exact) mass is 653 g/mol. The summed E-state index contributed by atoms with van der Waals surface area (Å²) in [5, 5.41) is 9.70. The molecule has 1 N–H and O–H groups in total. The van der Waals surface area contributed by atoms with Crippen LogP contribution in [0.3, 0.4) is 0 Å². The molecule has 0 amide bonds. The molecule has 13 heteroatoms. The number of piperazine rings is 1. The average molecular weight is 654 g/mol. The SMILES string of the molecule is CCOCCOC(=O)C[C@H]1CN(Cc2ccncc2)CCN1Cc1ccc(-c2ccc(C(O)(C(F)(F)F)C(F)(F)F)cc2)c(C)c1. The second kappa shape index (κ2) is 14.9. The number of halogens is 6. The molecule has 0 aliphatic carbocycles. The fraction of sp³-hybridized carbons (Fsp3) is 0.455. The number of nitrogens with zero attached hydrogens (tertiary/aromatic N) is 3. The predicted octanol–water partition coefficient (Wildman–Crippen LogP) is 6.03. The van der Waals surface area contributed by atoms with Crippen LogP contribution in [0.1, 0.15) is 35.6 Å². The molecule has 2 aromatic carbocycles. The molecule has 46 heavy (non-hydrogen) atoms. The van der Waals surface area contributed by atoms with Gasteiger partial charge in [-0.3, -0.25) is 19.6 Å². The number of ether oxygens (including phenoxy) is 2. The quantitative estimate of drug-likeness (QED) is 0.146. The van der Waals surface area contributed by atoms with Crippen molar-refractivity contribution in [2.75, 3.05) is 39.5 Å². The minimum Gasteiger partial charge on any atom is -0.463 e. The van der Waals surface area contributed by atoms with Crippen LogP contribution in [0.25, 0.3) is 11.1 Å². The molecule has 0 unspecified atom stereocenters. The zero-order valence-corrected chi connectivity index (χ0v) is 25.6. The van der Waals surface area contributed by atoms with Crippen molar-refractivity contribution in [2.24, 2.45) is 0 Å². The Hall–Kier alpha value is -3.52. The van der Waals surface area contributed by atoms with Crippen molar-refractivity contribution in [1.82, 2.24) is 14.8 Å². The summed E-state index contributed by atoms with van der Waals surface area (Å²) in [4.78, 5) is 21.3. The van der Waals surface area contributed by atoms with E-state index in [-0.39, 0.29) is 25.0 Å². The third-order valence-corrected chi connectivity index (χ3v) is 8.05. The normalized spacial score (nSPS) is 16.8. The van der Waals surface area contributed by atoms with Gasteiger partial charge < -0.3 is 14.6 Å². The molecule has 0 spiro atoms. The second-order valence-electron chi connectivity index (χ2n) is 11.3. The Morgan fingerprint density at radius 3 is 2.20 bits per heavy atom. The number of carbonyl (C=O) groups is 1. The van der Waals surface area contributed by atoms with E-state index in [9.17, 15) is 36.2 Å². The maximum Gasteiger partial charge on any atom is 0.430 e. The van der Waals surface area contributed by atoms with E-state index >= 15 is 0 Å². The molecule has 2 heterocycles. The van der Waals surface area contributed by atoms with Gasteiger partial charge in [0.25, 0.3) is 5.60 Å². The molecule has 1 atom stereocenters. The molecule has 4 rings (SSSR count). The Balaban J connectivity index is 1.49. The zero-order valence-electron chi connectivity index (χ0n) is 25.6. The maximum atomic E-state index is 13.3. The van der Waals surface area contributed by atoms with Gasteiger partial charge in [0.2, 0.25) is 0 Å². The second-order valence-corrected chi connectivity index (χ2v) is 11.3. The first-order valence-corrected chi connectivity index (χ1v) is 14.9. The number of aliphatic hydroxyl groups is 1. The molecule has 250 valence electrons. The molecule has 0 radical (unpaired) electrons. The molecule has 0 bridgehead atoms. The fourth-order valence-corrected chi connectivity index (χ4v) is 5.62. The molecule has 1 fully saturated rings. The van der Waals surface area contributed by atoms with E-state index in [0.717, 1.165) is 35.4 Å². The number of benzene rings is 2. The third-order valence-electron chi connectivity index (χ3n) is 8.05. The minimum absolute atomic E-state index is 0.135. The summed E-state index contributed by atoms with van der Waals surface area (Å²) in [6.07, 6.45) is -8.24. The van der Waals surface area contributed by atoms with Gasteiger partial charge in [-0.2, -0.15) is 26.3 Å². The van der Waals surface area contributed by atoms with Crippen molar-refractivity contribution in [2.45, 2.75) is 57.4 Å². The van der Waals surface area contributed by atoms with Gasteiger partial charge in [0.1, 0.15) is 6.61 Å². The number of rotatable bonds is 12. The van der Waals surface area contributed by atoms with Gasteiger partial charge in [-0.25, -0.2) is 0 Å². The van der Waals surface area contributed by atoms with Crippen molar-refractivity contribution >= 4 is 5.97 Å². The van der Waals surface area contributed by atoms with Crippen LogP contribution in [0.5, 0.6) is 0 Å². The highest BCUT2D eigenvalue weighted by atomic mass is 19.4. The largest absolute Gasteiger partial charge is 0.463 e. The molecule has 1 aromatic heterocycles. The zero-order chi connectivity index (χ0) is 33.5. The first kappa shape index (κ1) is 35.3. The Kier molecular flexibility index (Phi) is 11.5. The number of esters is 1. The van der Waals surface area contributed by atoms with Gasteiger partial charge in [-0.1, -0.05) is 42.5 Å². The third kappa shape index (κ3) is 8.44. The van der Waals surface area contributed by atoms with Gasteiger partial charge in [-0.05, 0) is 53.8 Å².